The molecule has 7 heteroatoms. The van der Waals surface area contributed by atoms with E-state index in [-0.39, 0.29) is 13.1 Å². The second-order valence-corrected chi connectivity index (χ2v) is 11.3. The molecule has 3 aliphatic rings. The van der Waals surface area contributed by atoms with Crippen LogP contribution in [0.3, 0.4) is 0 Å². The average Bonchev–Trinajstić information content (AvgIpc) is 2.77. The minimum absolute atomic E-state index is 0.00694. The van der Waals surface area contributed by atoms with Gasteiger partial charge in [-0.3, -0.25) is 14.8 Å². The van der Waals surface area contributed by atoms with Crippen molar-refractivity contribution in [2.75, 3.05) is 20.6 Å². The van der Waals surface area contributed by atoms with Crippen LogP contribution in [0.4, 0.5) is 0 Å². The molecule has 31 heavy (non-hydrogen) atoms. The van der Waals surface area contributed by atoms with Gasteiger partial charge in [-0.2, -0.15) is 18.9 Å². The third kappa shape index (κ3) is 7.84. The SMILES string of the molecule is CN1Cc2cccc(n2)CN(C)[C@@H]2CCCC[C@H]2[CH-]CC[N-]C2CCCCC21.[Cl][Mn][Cl]. The molecule has 1 aliphatic heterocycles. The number of aromatic nitrogens is 1. The van der Waals surface area contributed by atoms with Crippen LogP contribution in [0, 0.1) is 12.3 Å². The molecular weight excluding hydrogens is 470 g/mol. The van der Waals surface area contributed by atoms with Gasteiger partial charge in [0.25, 0.3) is 0 Å². The van der Waals surface area contributed by atoms with E-state index in [0.29, 0.717) is 24.0 Å². The van der Waals surface area contributed by atoms with Crippen LogP contribution in [0.2, 0.25) is 0 Å². The summed E-state index contributed by atoms with van der Waals surface area (Å²) in [4.78, 5) is 10.1. The molecule has 1 aromatic heterocycles. The normalized spacial score (nSPS) is 31.2. The summed E-state index contributed by atoms with van der Waals surface area (Å²) in [6.07, 6.45) is 14.4. The molecule has 2 saturated carbocycles. The van der Waals surface area contributed by atoms with E-state index in [1.54, 1.807) is 0 Å². The molecule has 2 fully saturated rings. The van der Waals surface area contributed by atoms with E-state index in [1.165, 1.54) is 62.8 Å². The number of halogens is 2. The Morgan fingerprint density at radius 3 is 2.23 bits per heavy atom. The van der Waals surface area contributed by atoms with Crippen molar-refractivity contribution in [3.05, 3.63) is 41.3 Å². The maximum atomic E-state index is 5.19. The van der Waals surface area contributed by atoms with Crippen molar-refractivity contribution >= 4 is 20.2 Å². The Hall–Kier alpha value is 0.129. The quantitative estimate of drug-likeness (QED) is 0.310. The van der Waals surface area contributed by atoms with Crippen LogP contribution in [0.15, 0.2) is 18.2 Å². The summed E-state index contributed by atoms with van der Waals surface area (Å²) in [5, 5.41) is 5.19. The fraction of sp³-hybridized carbons (Fsp3) is 0.750. The number of likely N-dealkylation sites (N-methyl/N-ethyl adjacent to an activating group) is 1. The van der Waals surface area contributed by atoms with E-state index in [1.807, 2.05) is 0 Å². The molecule has 0 radical (unpaired) electrons. The summed E-state index contributed by atoms with van der Waals surface area (Å²) in [6, 6.07) is 8.35. The molecule has 1 aromatic rings. The van der Waals surface area contributed by atoms with Crippen LogP contribution in [-0.2, 0) is 26.2 Å². The van der Waals surface area contributed by atoms with Gasteiger partial charge in [0.2, 0.25) is 0 Å². The second-order valence-electron chi connectivity index (χ2n) is 9.37. The fourth-order valence-corrected chi connectivity index (χ4v) is 5.76. The fourth-order valence-electron chi connectivity index (χ4n) is 5.76. The minimum atomic E-state index is 0.00694. The Balaban J connectivity index is 0.000000858. The first-order chi connectivity index (χ1) is 15.1. The van der Waals surface area contributed by atoms with Crippen LogP contribution >= 0.6 is 20.2 Å². The molecule has 2 bridgehead atoms. The number of pyridine rings is 1. The van der Waals surface area contributed by atoms with E-state index < -0.39 is 0 Å². The first-order valence-electron chi connectivity index (χ1n) is 11.8. The summed E-state index contributed by atoms with van der Waals surface area (Å²) in [5.74, 6) is 0.715. The van der Waals surface area contributed by atoms with Crippen LogP contribution in [0.25, 0.3) is 5.32 Å². The Morgan fingerprint density at radius 2 is 1.52 bits per heavy atom. The van der Waals surface area contributed by atoms with E-state index in [9.17, 15) is 0 Å². The van der Waals surface area contributed by atoms with E-state index in [0.717, 1.165) is 26.1 Å². The number of fused-ring (bicyclic) bond motifs is 4. The van der Waals surface area contributed by atoms with Crippen molar-refractivity contribution in [1.29, 1.82) is 0 Å². The van der Waals surface area contributed by atoms with Crippen molar-refractivity contribution < 1.29 is 13.1 Å². The molecule has 2 unspecified atom stereocenters. The molecule has 2 heterocycles. The predicted octanol–water partition coefficient (Wildman–Crippen LogP) is 6.17. The first kappa shape index (κ1) is 25.7. The van der Waals surface area contributed by atoms with Crippen LogP contribution in [0.5, 0.6) is 0 Å². The molecule has 0 saturated heterocycles. The predicted molar refractivity (Wildman–Crippen MR) is 128 cm³/mol. The third-order valence-electron chi connectivity index (χ3n) is 7.26. The van der Waals surface area contributed by atoms with Gasteiger partial charge in [0.1, 0.15) is 0 Å². The summed E-state index contributed by atoms with van der Waals surface area (Å²) in [6.45, 7) is 2.91. The number of nitrogens with zero attached hydrogens (tertiary/aromatic N) is 4. The van der Waals surface area contributed by atoms with Gasteiger partial charge in [-0.05, 0) is 51.2 Å². The van der Waals surface area contributed by atoms with Crippen LogP contribution in [0.1, 0.15) is 69.2 Å². The molecule has 4 nitrogen and oxygen atoms in total. The Kier molecular flexibility index (Phi) is 11.4. The van der Waals surface area contributed by atoms with Crippen molar-refractivity contribution in [2.45, 2.75) is 89.0 Å². The zero-order valence-electron chi connectivity index (χ0n) is 19.0. The van der Waals surface area contributed by atoms with Gasteiger partial charge in [0, 0.05) is 13.1 Å². The summed E-state index contributed by atoms with van der Waals surface area (Å²) in [5.41, 5.74) is 2.43. The monoisotopic (exact) mass is 507 g/mol. The molecule has 177 valence electrons. The van der Waals surface area contributed by atoms with Gasteiger partial charge in [0.05, 0.1) is 11.4 Å². The van der Waals surface area contributed by atoms with Gasteiger partial charge in [-0.25, -0.2) is 0 Å². The Morgan fingerprint density at radius 1 is 0.935 bits per heavy atom. The van der Waals surface area contributed by atoms with Gasteiger partial charge < -0.3 is 11.7 Å². The molecule has 4 rings (SSSR count). The number of hydrogen-bond acceptors (Lipinski definition) is 3. The van der Waals surface area contributed by atoms with Gasteiger partial charge in [-0.1, -0.05) is 44.6 Å². The molecule has 0 amide bonds. The molecular formula is C24H38Cl2MnN4-2. The van der Waals surface area contributed by atoms with Crippen molar-refractivity contribution in [2.24, 2.45) is 5.92 Å². The van der Waals surface area contributed by atoms with Gasteiger partial charge >= 0.3 is 33.3 Å². The zero-order valence-corrected chi connectivity index (χ0v) is 21.7. The van der Waals surface area contributed by atoms with Crippen molar-refractivity contribution in [3.63, 3.8) is 0 Å². The average molecular weight is 508 g/mol. The summed E-state index contributed by atoms with van der Waals surface area (Å²) < 4.78 is 0. The third-order valence-corrected chi connectivity index (χ3v) is 7.26. The van der Waals surface area contributed by atoms with E-state index in [2.05, 4.69) is 48.5 Å². The Labute approximate surface area is 204 Å². The standard InChI is InChI=1S/C24H38N4.2ClH.Mn/c1-27-17-20-11-7-12-21(26-20)18-28(2)24-15-6-4-13-22(24)25-16-8-10-19-9-3-5-14-23(19)27;;;/h7,10-12,19,22-24H,3-6,8-9,13-18H2,1-2H3;2*1H;/q-2;;;+2/p-2/t19-,22?,23+,24?;;;/m0.../s1. The molecule has 0 aromatic carbocycles. The first-order valence-corrected chi connectivity index (χ1v) is 15.1. The number of hydrogen-bond donors (Lipinski definition) is 0. The van der Waals surface area contributed by atoms with Gasteiger partial charge in [0.15, 0.2) is 0 Å². The molecule has 0 N–H and O–H groups in total. The zero-order chi connectivity index (χ0) is 22.1. The van der Waals surface area contributed by atoms with Crippen LogP contribution < -0.4 is 0 Å². The summed E-state index contributed by atoms with van der Waals surface area (Å²) in [7, 11) is 14.2. The Bertz CT molecular complexity index is 601. The molecule has 4 atom stereocenters. The number of rotatable bonds is 0. The summed E-state index contributed by atoms with van der Waals surface area (Å²) >= 11 is 0.00694. The van der Waals surface area contributed by atoms with Gasteiger partial charge in [-0.15, -0.1) is 6.04 Å². The maximum absolute atomic E-state index is 5.19. The van der Waals surface area contributed by atoms with Crippen molar-refractivity contribution in [1.82, 2.24) is 14.8 Å². The van der Waals surface area contributed by atoms with Crippen molar-refractivity contribution in [3.8, 4) is 0 Å². The molecule has 2 aliphatic carbocycles. The van der Waals surface area contributed by atoms with Crippen LogP contribution in [-0.4, -0.2) is 53.5 Å². The van der Waals surface area contributed by atoms with E-state index >= 15 is 0 Å². The topological polar surface area (TPSA) is 33.5 Å². The second kappa shape index (κ2) is 13.7. The molecule has 0 spiro atoms. The van der Waals surface area contributed by atoms with E-state index in [4.69, 9.17) is 30.5 Å².